The minimum atomic E-state index is -3.47. The summed E-state index contributed by atoms with van der Waals surface area (Å²) in [5.41, 5.74) is -1.13. The van der Waals surface area contributed by atoms with Gasteiger partial charge in [-0.15, -0.1) is 6.58 Å². The number of nitrogens with zero attached hydrogens (tertiary/aromatic N) is 1. The Morgan fingerprint density at radius 1 is 0.885 bits per heavy atom. The maximum atomic E-state index is 15.0. The Balaban J connectivity index is 1.40. The van der Waals surface area contributed by atoms with Gasteiger partial charge in [-0.1, -0.05) is 78.2 Å². The number of allylic oxidation sites excluding steroid dienone is 1. The highest BCUT2D eigenvalue weighted by Gasteiger charge is 2.69. The van der Waals surface area contributed by atoms with Crippen molar-refractivity contribution in [2.75, 3.05) is 12.3 Å². The van der Waals surface area contributed by atoms with Gasteiger partial charge in [0.25, 0.3) is 0 Å². The Morgan fingerprint density at radius 3 is 2.04 bits per heavy atom. The second kappa shape index (κ2) is 15.5. The molecule has 0 aromatic carbocycles. The number of amides is 1. The first-order chi connectivity index (χ1) is 24.3. The van der Waals surface area contributed by atoms with Crippen molar-refractivity contribution in [1.82, 2.24) is 4.90 Å². The summed E-state index contributed by atoms with van der Waals surface area (Å²) in [5, 5.41) is 0. The molecule has 5 rings (SSSR count). The van der Waals surface area contributed by atoms with Gasteiger partial charge in [0.2, 0.25) is 11.7 Å². The maximum absolute atomic E-state index is 15.0. The highest BCUT2D eigenvalue weighted by molar-refractivity contribution is 7.92. The lowest BCUT2D eigenvalue weighted by Crippen LogP contribution is -2.52. The average molecular weight is 742 g/mol. The van der Waals surface area contributed by atoms with Crippen LogP contribution in [0.25, 0.3) is 0 Å². The van der Waals surface area contributed by atoms with Crippen molar-refractivity contribution in [1.29, 1.82) is 0 Å². The largest absolute Gasteiger partial charge is 0.332 e. The smallest absolute Gasteiger partial charge is 0.227 e. The molecule has 0 N–H and O–H groups in total. The van der Waals surface area contributed by atoms with Crippen LogP contribution in [0, 0.1) is 45.8 Å². The van der Waals surface area contributed by atoms with E-state index in [4.69, 9.17) is 0 Å². The summed E-state index contributed by atoms with van der Waals surface area (Å²) in [6.45, 7) is 15.7. The zero-order chi connectivity index (χ0) is 38.3. The van der Waals surface area contributed by atoms with Crippen LogP contribution in [-0.2, 0) is 33.8 Å². The normalized spacial score (nSPS) is 27.6. The summed E-state index contributed by atoms with van der Waals surface area (Å²) < 4.78 is 26.1. The van der Waals surface area contributed by atoms with E-state index in [0.717, 1.165) is 64.2 Å². The molecule has 52 heavy (non-hydrogen) atoms. The molecule has 0 radical (unpaired) electrons. The van der Waals surface area contributed by atoms with Crippen LogP contribution in [-0.4, -0.2) is 65.4 Å². The van der Waals surface area contributed by atoms with Gasteiger partial charge in [-0.3, -0.25) is 24.0 Å². The topological polar surface area (TPSA) is 123 Å². The first-order valence-corrected chi connectivity index (χ1v) is 22.2. The van der Waals surface area contributed by atoms with Crippen molar-refractivity contribution < 1.29 is 32.4 Å². The molecule has 0 bridgehead atoms. The molecular weight excluding hydrogens is 675 g/mol. The lowest BCUT2D eigenvalue weighted by atomic mass is 9.64. The van der Waals surface area contributed by atoms with Gasteiger partial charge < -0.3 is 4.90 Å². The third kappa shape index (κ3) is 8.86. The first kappa shape index (κ1) is 41.0. The molecule has 1 saturated heterocycles. The summed E-state index contributed by atoms with van der Waals surface area (Å²) in [4.78, 5) is 71.9. The van der Waals surface area contributed by atoms with Crippen LogP contribution in [0.5, 0.6) is 0 Å². The zero-order valence-corrected chi connectivity index (χ0v) is 33.9. The van der Waals surface area contributed by atoms with Gasteiger partial charge in [0.1, 0.15) is 5.78 Å². The summed E-state index contributed by atoms with van der Waals surface area (Å²) >= 11 is 0. The number of likely N-dealkylation sites (tertiary alicyclic amines) is 1. The fourth-order valence-corrected chi connectivity index (χ4v) is 12.1. The van der Waals surface area contributed by atoms with Crippen molar-refractivity contribution in [2.45, 2.75) is 168 Å². The molecule has 5 aliphatic rings. The lowest BCUT2D eigenvalue weighted by molar-refractivity contribution is -0.150. The Bertz CT molecular complexity index is 1500. The van der Waals surface area contributed by atoms with Crippen LogP contribution >= 0.6 is 0 Å². The van der Waals surface area contributed by atoms with Gasteiger partial charge in [0.05, 0.1) is 22.5 Å². The number of fused-ring (bicyclic) bond motifs is 1. The highest BCUT2D eigenvalue weighted by atomic mass is 32.2. The van der Waals surface area contributed by atoms with Gasteiger partial charge in [-0.2, -0.15) is 0 Å². The molecule has 4 saturated carbocycles. The molecule has 5 atom stereocenters. The van der Waals surface area contributed by atoms with Gasteiger partial charge >= 0.3 is 0 Å². The number of piperidine rings is 1. The van der Waals surface area contributed by atoms with E-state index in [1.54, 1.807) is 31.7 Å². The van der Waals surface area contributed by atoms with Gasteiger partial charge in [-0.05, 0) is 93.3 Å². The van der Waals surface area contributed by atoms with E-state index in [2.05, 4.69) is 27.4 Å². The average Bonchev–Trinajstić information content (AvgIpc) is 3.92. The lowest BCUT2D eigenvalue weighted by Gasteiger charge is -2.44. The fourth-order valence-electron chi connectivity index (χ4n) is 10.4. The fraction of sp³-hybridized carbons (Fsp3) is 0.837. The third-order valence-electron chi connectivity index (χ3n) is 14.3. The molecule has 5 fully saturated rings. The molecule has 1 heterocycles. The van der Waals surface area contributed by atoms with Gasteiger partial charge in [0.15, 0.2) is 21.4 Å². The van der Waals surface area contributed by atoms with Gasteiger partial charge in [0, 0.05) is 38.1 Å². The molecule has 1 amide bonds. The van der Waals surface area contributed by atoms with Crippen LogP contribution in [0.2, 0.25) is 0 Å². The minimum Gasteiger partial charge on any atom is -0.332 e. The van der Waals surface area contributed by atoms with Crippen LogP contribution in [0.15, 0.2) is 12.7 Å². The van der Waals surface area contributed by atoms with E-state index in [9.17, 15) is 27.6 Å². The van der Waals surface area contributed by atoms with Crippen LogP contribution in [0.3, 0.4) is 0 Å². The van der Waals surface area contributed by atoms with Crippen molar-refractivity contribution in [3.05, 3.63) is 12.7 Å². The Kier molecular flexibility index (Phi) is 12.2. The molecular formula is C43H67NO7S. The van der Waals surface area contributed by atoms with E-state index in [1.807, 2.05) is 0 Å². The molecule has 292 valence electrons. The van der Waals surface area contributed by atoms with Crippen molar-refractivity contribution in [3.8, 4) is 0 Å². The maximum Gasteiger partial charge on any atom is 0.227 e. The summed E-state index contributed by atoms with van der Waals surface area (Å²) in [6, 6.07) is -0.670. The van der Waals surface area contributed by atoms with E-state index < -0.39 is 54.9 Å². The number of rotatable bonds is 18. The number of hydrogen-bond donors (Lipinski definition) is 0. The number of Topliss-reactive ketones (excluding diaryl/α,β-unsaturated/α-hetero) is 4. The van der Waals surface area contributed by atoms with Crippen molar-refractivity contribution >= 4 is 38.9 Å². The number of carbonyl (C=O) groups excluding carboxylic acids is 5. The zero-order valence-electron chi connectivity index (χ0n) is 33.1. The molecule has 1 aliphatic heterocycles. The summed E-state index contributed by atoms with van der Waals surface area (Å²) in [6.07, 6.45) is 13.8. The number of carbonyl (C=O) groups is 5. The van der Waals surface area contributed by atoms with E-state index in [1.165, 1.54) is 0 Å². The molecule has 0 aromatic heterocycles. The third-order valence-corrected chi connectivity index (χ3v) is 17.1. The summed E-state index contributed by atoms with van der Waals surface area (Å²) in [5.74, 6) is -1.99. The minimum absolute atomic E-state index is 0.0108. The van der Waals surface area contributed by atoms with Crippen molar-refractivity contribution in [2.24, 2.45) is 45.8 Å². The predicted molar refractivity (Wildman–Crippen MR) is 204 cm³/mol. The molecule has 9 heteroatoms. The number of sulfone groups is 1. The Morgan fingerprint density at radius 2 is 1.48 bits per heavy atom. The Hall–Kier alpha value is -2.16. The van der Waals surface area contributed by atoms with E-state index >= 15 is 4.79 Å². The number of hydrogen-bond acceptors (Lipinski definition) is 7. The van der Waals surface area contributed by atoms with E-state index in [0.29, 0.717) is 38.1 Å². The molecule has 4 aliphatic carbocycles. The molecule has 2 unspecified atom stereocenters. The molecule has 0 aromatic rings. The van der Waals surface area contributed by atoms with Crippen LogP contribution < -0.4 is 0 Å². The van der Waals surface area contributed by atoms with Gasteiger partial charge in [-0.25, -0.2) is 8.42 Å². The standard InChI is InChI=1S/C43H67NO7S/c1-8-9-16-34(46)38(48)30(23-29-17-18-29)24-35(47)37-36-33(41(36,5)6)27-44(37)39(49)32(42(7)19-12-10-13-20-42)25-31(45)26-43(21-14-11-15-22-43)28-52(50,51)40(2,3)4/h8,29-30,32-33,36-37H,1,9-28H2,2-7H3/t30?,32-,33+,36?,37-/m1/s1. The number of ketones is 4. The van der Waals surface area contributed by atoms with Crippen LogP contribution in [0.4, 0.5) is 0 Å². The highest BCUT2D eigenvalue weighted by Crippen LogP contribution is 2.65. The second-order valence-corrected chi connectivity index (χ2v) is 22.4. The predicted octanol–water partition coefficient (Wildman–Crippen LogP) is 8.05. The monoisotopic (exact) mass is 741 g/mol. The first-order valence-electron chi connectivity index (χ1n) is 20.5. The quantitative estimate of drug-likeness (QED) is 0.103. The molecule has 8 nitrogen and oxygen atoms in total. The van der Waals surface area contributed by atoms with Crippen molar-refractivity contribution in [3.63, 3.8) is 0 Å². The molecule has 0 spiro atoms. The SMILES string of the molecule is C=CCCC(=O)C(=O)C(CC(=O)[C@@H]1C2[C@H](CN1C(=O)[C@@H](CC(=O)CC1(CS(=O)(=O)C(C)(C)C)CCCCC1)C1(C)CCCCC1)C2(C)C)CC1CC1. The van der Waals surface area contributed by atoms with Crippen LogP contribution in [0.1, 0.15) is 157 Å². The van der Waals surface area contributed by atoms with E-state index in [-0.39, 0.29) is 66.2 Å². The Labute approximate surface area is 314 Å². The second-order valence-electron chi connectivity index (χ2n) is 19.7. The summed E-state index contributed by atoms with van der Waals surface area (Å²) in [7, 11) is -3.47.